The molecule has 2 heterocycles. The van der Waals surface area contributed by atoms with Crippen LogP contribution in [0.5, 0.6) is 0 Å². The van der Waals surface area contributed by atoms with Crippen molar-refractivity contribution in [3.05, 3.63) is 47.3 Å². The van der Waals surface area contributed by atoms with Gasteiger partial charge in [-0.2, -0.15) is 5.10 Å². The molecule has 0 fully saturated rings. The molecule has 1 unspecified atom stereocenters. The van der Waals surface area contributed by atoms with Crippen LogP contribution in [0.3, 0.4) is 0 Å². The first kappa shape index (κ1) is 13.7. The number of nitrogens with zero attached hydrogens (tertiary/aromatic N) is 3. The summed E-state index contributed by atoms with van der Waals surface area (Å²) in [5.41, 5.74) is 2.73. The van der Waals surface area contributed by atoms with Crippen LogP contribution in [0.1, 0.15) is 29.9 Å². The highest BCUT2D eigenvalue weighted by Gasteiger charge is 2.17. The van der Waals surface area contributed by atoms with Crippen LogP contribution in [0.4, 0.5) is 4.39 Å². The second-order valence-electron chi connectivity index (χ2n) is 4.54. The van der Waals surface area contributed by atoms with Crippen molar-refractivity contribution >= 4 is 0 Å². The van der Waals surface area contributed by atoms with Crippen LogP contribution in [-0.4, -0.2) is 21.8 Å². The summed E-state index contributed by atoms with van der Waals surface area (Å²) < 4.78 is 15.7. The maximum atomic E-state index is 13.8. The van der Waals surface area contributed by atoms with E-state index in [4.69, 9.17) is 0 Å². The van der Waals surface area contributed by atoms with E-state index in [2.05, 4.69) is 22.3 Å². The van der Waals surface area contributed by atoms with E-state index in [9.17, 15) is 4.39 Å². The predicted molar refractivity (Wildman–Crippen MR) is 72.3 cm³/mol. The van der Waals surface area contributed by atoms with Crippen molar-refractivity contribution in [2.45, 2.75) is 32.9 Å². The Morgan fingerprint density at radius 1 is 1.47 bits per heavy atom. The van der Waals surface area contributed by atoms with Gasteiger partial charge in [-0.1, -0.05) is 0 Å². The molecule has 0 bridgehead atoms. The molecule has 0 saturated heterocycles. The monoisotopic (exact) mass is 262 g/mol. The van der Waals surface area contributed by atoms with Crippen LogP contribution in [0, 0.1) is 12.7 Å². The number of likely N-dealkylation sites (N-methyl/N-ethyl adjacent to an activating group) is 1. The molecule has 2 aromatic heterocycles. The number of hydrogen-bond acceptors (Lipinski definition) is 3. The maximum absolute atomic E-state index is 13.8. The van der Waals surface area contributed by atoms with Crippen LogP contribution < -0.4 is 5.32 Å². The molecule has 5 heteroatoms. The Balaban J connectivity index is 2.26. The SMILES string of the molecule is CCn1nc(C)cc1CC(NC)c1ccncc1F. The van der Waals surface area contributed by atoms with Gasteiger partial charge in [0.2, 0.25) is 0 Å². The Morgan fingerprint density at radius 2 is 2.26 bits per heavy atom. The zero-order chi connectivity index (χ0) is 13.8. The molecule has 1 atom stereocenters. The van der Waals surface area contributed by atoms with Crippen LogP contribution in [0.25, 0.3) is 0 Å². The molecule has 0 saturated carbocycles. The summed E-state index contributed by atoms with van der Waals surface area (Å²) in [6.45, 7) is 4.84. The van der Waals surface area contributed by atoms with Crippen LogP contribution in [0.2, 0.25) is 0 Å². The third-order valence-electron chi connectivity index (χ3n) is 3.23. The number of nitrogens with one attached hydrogen (secondary N) is 1. The number of hydrogen-bond donors (Lipinski definition) is 1. The van der Waals surface area contributed by atoms with Crippen molar-refractivity contribution in [1.29, 1.82) is 0 Å². The first-order valence-corrected chi connectivity index (χ1v) is 6.45. The van der Waals surface area contributed by atoms with E-state index in [1.54, 1.807) is 12.3 Å². The molecule has 2 aromatic rings. The largest absolute Gasteiger partial charge is 0.313 e. The Morgan fingerprint density at radius 3 is 2.89 bits per heavy atom. The lowest BCUT2D eigenvalue weighted by Gasteiger charge is -2.17. The molecule has 0 radical (unpaired) electrons. The highest BCUT2D eigenvalue weighted by atomic mass is 19.1. The fourth-order valence-corrected chi connectivity index (χ4v) is 2.28. The predicted octanol–water partition coefficient (Wildman–Crippen LogP) is 2.25. The molecule has 0 aliphatic carbocycles. The van der Waals surface area contributed by atoms with E-state index < -0.39 is 0 Å². The summed E-state index contributed by atoms with van der Waals surface area (Å²) in [5.74, 6) is -0.277. The quantitative estimate of drug-likeness (QED) is 0.898. The molecule has 0 aromatic carbocycles. The summed E-state index contributed by atoms with van der Waals surface area (Å²) in [5, 5.41) is 7.57. The summed E-state index contributed by atoms with van der Waals surface area (Å²) in [6.07, 6.45) is 3.57. The smallest absolute Gasteiger partial charge is 0.146 e. The van der Waals surface area contributed by atoms with E-state index in [1.807, 2.05) is 24.7 Å². The number of pyridine rings is 1. The summed E-state index contributed by atoms with van der Waals surface area (Å²) >= 11 is 0. The second-order valence-corrected chi connectivity index (χ2v) is 4.54. The Hall–Kier alpha value is -1.75. The normalized spacial score (nSPS) is 12.6. The van der Waals surface area contributed by atoms with Gasteiger partial charge in [0.25, 0.3) is 0 Å². The van der Waals surface area contributed by atoms with Crippen molar-refractivity contribution in [3.8, 4) is 0 Å². The highest BCUT2D eigenvalue weighted by Crippen LogP contribution is 2.20. The topological polar surface area (TPSA) is 42.7 Å². The first-order valence-electron chi connectivity index (χ1n) is 6.45. The third-order valence-corrected chi connectivity index (χ3v) is 3.23. The minimum atomic E-state index is -0.277. The third kappa shape index (κ3) is 2.98. The standard InChI is InChI=1S/C14H19FN4/c1-4-19-11(7-10(2)18-19)8-14(16-3)12-5-6-17-9-13(12)15/h5-7,9,14,16H,4,8H2,1-3H3. The van der Waals surface area contributed by atoms with Crippen molar-refractivity contribution < 1.29 is 4.39 Å². The maximum Gasteiger partial charge on any atom is 0.146 e. The number of rotatable bonds is 5. The zero-order valence-corrected chi connectivity index (χ0v) is 11.5. The molecule has 1 N–H and O–H groups in total. The summed E-state index contributed by atoms with van der Waals surface area (Å²) in [4.78, 5) is 3.79. The molecule has 4 nitrogen and oxygen atoms in total. The Bertz CT molecular complexity index is 550. The van der Waals surface area contributed by atoms with E-state index in [-0.39, 0.29) is 11.9 Å². The lowest BCUT2D eigenvalue weighted by molar-refractivity contribution is 0.508. The van der Waals surface area contributed by atoms with Gasteiger partial charge in [0, 0.05) is 36.5 Å². The fraction of sp³-hybridized carbons (Fsp3) is 0.429. The minimum Gasteiger partial charge on any atom is -0.313 e. The first-order chi connectivity index (χ1) is 9.15. The molecule has 0 amide bonds. The molecule has 0 spiro atoms. The molecular formula is C14H19FN4. The Kier molecular flexibility index (Phi) is 4.27. The van der Waals surface area contributed by atoms with Crippen molar-refractivity contribution in [1.82, 2.24) is 20.1 Å². The lowest BCUT2D eigenvalue weighted by Crippen LogP contribution is -2.21. The van der Waals surface area contributed by atoms with Crippen molar-refractivity contribution in [2.24, 2.45) is 0 Å². The lowest BCUT2D eigenvalue weighted by atomic mass is 10.0. The molecule has 102 valence electrons. The van der Waals surface area contributed by atoms with E-state index in [0.717, 1.165) is 17.9 Å². The molecule has 2 rings (SSSR count). The van der Waals surface area contributed by atoms with Crippen LogP contribution in [0.15, 0.2) is 24.5 Å². The van der Waals surface area contributed by atoms with Gasteiger partial charge in [0.15, 0.2) is 0 Å². The van der Waals surface area contributed by atoms with Gasteiger partial charge in [-0.25, -0.2) is 4.39 Å². The van der Waals surface area contributed by atoms with Gasteiger partial charge in [0.1, 0.15) is 5.82 Å². The molecule has 0 aliphatic heterocycles. The van der Waals surface area contributed by atoms with Gasteiger partial charge in [0.05, 0.1) is 11.9 Å². The van der Waals surface area contributed by atoms with Gasteiger partial charge >= 0.3 is 0 Å². The highest BCUT2D eigenvalue weighted by molar-refractivity contribution is 5.21. The number of aromatic nitrogens is 3. The van der Waals surface area contributed by atoms with Crippen LogP contribution in [-0.2, 0) is 13.0 Å². The Labute approximate surface area is 112 Å². The van der Waals surface area contributed by atoms with E-state index >= 15 is 0 Å². The summed E-state index contributed by atoms with van der Waals surface area (Å²) in [7, 11) is 1.84. The minimum absolute atomic E-state index is 0.0793. The van der Waals surface area contributed by atoms with Crippen LogP contribution >= 0.6 is 0 Å². The molecule has 19 heavy (non-hydrogen) atoms. The van der Waals surface area contributed by atoms with Crippen molar-refractivity contribution in [2.75, 3.05) is 7.05 Å². The fourth-order valence-electron chi connectivity index (χ4n) is 2.28. The number of aryl methyl sites for hydroxylation is 2. The van der Waals surface area contributed by atoms with Gasteiger partial charge in [-0.3, -0.25) is 9.67 Å². The van der Waals surface area contributed by atoms with Gasteiger partial charge < -0.3 is 5.32 Å². The zero-order valence-electron chi connectivity index (χ0n) is 11.5. The van der Waals surface area contributed by atoms with E-state index in [0.29, 0.717) is 12.0 Å². The molecular weight excluding hydrogens is 243 g/mol. The average molecular weight is 262 g/mol. The molecule has 0 aliphatic rings. The van der Waals surface area contributed by atoms with Gasteiger partial charge in [-0.05, 0) is 33.0 Å². The van der Waals surface area contributed by atoms with E-state index in [1.165, 1.54) is 6.20 Å². The summed E-state index contributed by atoms with van der Waals surface area (Å²) in [6, 6.07) is 3.69. The number of halogens is 1. The average Bonchev–Trinajstić information content (AvgIpc) is 2.77. The van der Waals surface area contributed by atoms with Crippen molar-refractivity contribution in [3.63, 3.8) is 0 Å². The second kappa shape index (κ2) is 5.93. The van der Waals surface area contributed by atoms with Gasteiger partial charge in [-0.15, -0.1) is 0 Å².